The van der Waals surface area contributed by atoms with E-state index in [9.17, 15) is 0 Å². The molecule has 3 heterocycles. The van der Waals surface area contributed by atoms with E-state index in [2.05, 4.69) is 70.0 Å². The minimum absolute atomic E-state index is 0.496. The summed E-state index contributed by atoms with van der Waals surface area (Å²) in [5, 5.41) is 7.90. The second-order valence-electron chi connectivity index (χ2n) is 6.56. The van der Waals surface area contributed by atoms with E-state index in [0.717, 1.165) is 35.3 Å². The lowest BCUT2D eigenvalue weighted by molar-refractivity contribution is 0.615. The number of rotatable bonds is 6. The molecular weight excluding hydrogens is 366 g/mol. The molecule has 0 spiro atoms. The van der Waals surface area contributed by atoms with Crippen molar-refractivity contribution in [2.45, 2.75) is 39.7 Å². The highest BCUT2D eigenvalue weighted by Gasteiger charge is 2.11. The van der Waals surface area contributed by atoms with Crippen LogP contribution in [0.4, 0.5) is 0 Å². The number of imidazole rings is 1. The molecule has 0 aliphatic carbocycles. The van der Waals surface area contributed by atoms with Crippen molar-refractivity contribution in [3.05, 3.63) is 51.6 Å². The van der Waals surface area contributed by atoms with Crippen molar-refractivity contribution in [3.63, 3.8) is 0 Å². The smallest absolute Gasteiger partial charge is 0.139 e. The highest BCUT2D eigenvalue weighted by molar-refractivity contribution is 9.10. The van der Waals surface area contributed by atoms with Crippen molar-refractivity contribution in [3.8, 4) is 0 Å². The Balaban J connectivity index is 1.61. The number of aromatic nitrogens is 4. The maximum Gasteiger partial charge on any atom is 0.139 e. The van der Waals surface area contributed by atoms with Crippen molar-refractivity contribution < 1.29 is 0 Å². The van der Waals surface area contributed by atoms with Gasteiger partial charge in [0.25, 0.3) is 0 Å². The Labute approximate surface area is 151 Å². The first kappa shape index (κ1) is 17.2. The highest BCUT2D eigenvalue weighted by Crippen LogP contribution is 2.19. The van der Waals surface area contributed by atoms with Crippen LogP contribution in [0.25, 0.3) is 5.65 Å². The van der Waals surface area contributed by atoms with Gasteiger partial charge < -0.3 is 9.72 Å². The van der Waals surface area contributed by atoms with Gasteiger partial charge in [-0.15, -0.1) is 0 Å². The summed E-state index contributed by atoms with van der Waals surface area (Å²) in [7, 11) is 2.01. The lowest BCUT2D eigenvalue weighted by atomic mass is 10.0. The zero-order valence-corrected chi connectivity index (χ0v) is 16.3. The largest absolute Gasteiger partial charge is 0.311 e. The van der Waals surface area contributed by atoms with Crippen LogP contribution in [-0.4, -0.2) is 25.7 Å². The lowest BCUT2D eigenvalue weighted by Gasteiger charge is -2.09. The van der Waals surface area contributed by atoms with Crippen LogP contribution in [0.5, 0.6) is 0 Å². The van der Waals surface area contributed by atoms with Gasteiger partial charge >= 0.3 is 0 Å². The van der Waals surface area contributed by atoms with E-state index in [1.165, 1.54) is 16.8 Å². The molecule has 3 rings (SSSR count). The predicted molar refractivity (Wildman–Crippen MR) is 100 cm³/mol. The van der Waals surface area contributed by atoms with Gasteiger partial charge in [-0.25, -0.2) is 4.98 Å². The van der Waals surface area contributed by atoms with E-state index in [-0.39, 0.29) is 0 Å². The number of halogens is 1. The Kier molecular flexibility index (Phi) is 5.06. The van der Waals surface area contributed by atoms with Gasteiger partial charge in [-0.05, 0) is 46.0 Å². The van der Waals surface area contributed by atoms with Gasteiger partial charge in [0.1, 0.15) is 5.65 Å². The second-order valence-corrected chi connectivity index (χ2v) is 7.47. The maximum atomic E-state index is 4.74. The summed E-state index contributed by atoms with van der Waals surface area (Å²) in [5.74, 6) is 0.496. The van der Waals surface area contributed by atoms with E-state index < -0.39 is 0 Å². The van der Waals surface area contributed by atoms with Gasteiger partial charge in [-0.3, -0.25) is 4.68 Å². The number of pyridine rings is 1. The average Bonchev–Trinajstić information content (AvgIpc) is 3.07. The fraction of sp³-hybridized carbons (Fsp3) is 0.444. The second kappa shape index (κ2) is 7.07. The molecule has 0 saturated heterocycles. The summed E-state index contributed by atoms with van der Waals surface area (Å²) in [5.41, 5.74) is 5.90. The minimum Gasteiger partial charge on any atom is -0.311 e. The van der Waals surface area contributed by atoms with E-state index in [0.29, 0.717) is 5.92 Å². The molecular formula is C18H24BrN5. The first-order chi connectivity index (χ1) is 11.5. The van der Waals surface area contributed by atoms with Gasteiger partial charge in [0, 0.05) is 43.4 Å². The average molecular weight is 390 g/mol. The first-order valence-electron chi connectivity index (χ1n) is 8.31. The van der Waals surface area contributed by atoms with E-state index in [1.54, 1.807) is 0 Å². The monoisotopic (exact) mass is 389 g/mol. The molecule has 5 nitrogen and oxygen atoms in total. The Morgan fingerprint density at radius 1 is 1.29 bits per heavy atom. The summed E-state index contributed by atoms with van der Waals surface area (Å²) >= 11 is 3.53. The summed E-state index contributed by atoms with van der Waals surface area (Å²) in [4.78, 5) is 4.74. The predicted octanol–water partition coefficient (Wildman–Crippen LogP) is 3.59. The third kappa shape index (κ3) is 3.54. The molecule has 0 atom stereocenters. The van der Waals surface area contributed by atoms with Crippen LogP contribution < -0.4 is 5.32 Å². The third-order valence-electron chi connectivity index (χ3n) is 4.32. The van der Waals surface area contributed by atoms with E-state index >= 15 is 0 Å². The van der Waals surface area contributed by atoms with Crippen LogP contribution >= 0.6 is 15.9 Å². The van der Waals surface area contributed by atoms with Crippen molar-refractivity contribution in [1.29, 1.82) is 0 Å². The fourth-order valence-corrected chi connectivity index (χ4v) is 3.56. The summed E-state index contributed by atoms with van der Waals surface area (Å²) in [6.45, 7) is 8.23. The minimum atomic E-state index is 0.496. The normalized spacial score (nSPS) is 11.8. The van der Waals surface area contributed by atoms with Crippen LogP contribution in [-0.2, 0) is 20.0 Å². The number of nitrogens with one attached hydrogen (secondary N) is 1. The Morgan fingerprint density at radius 2 is 2.08 bits per heavy atom. The zero-order valence-electron chi connectivity index (χ0n) is 14.7. The number of aryl methyl sites for hydroxylation is 2. The molecule has 3 aromatic heterocycles. The third-order valence-corrected chi connectivity index (χ3v) is 4.75. The topological polar surface area (TPSA) is 47.1 Å². The quantitative estimate of drug-likeness (QED) is 0.655. The van der Waals surface area contributed by atoms with Crippen molar-refractivity contribution >= 4 is 21.6 Å². The van der Waals surface area contributed by atoms with Gasteiger partial charge in [0.15, 0.2) is 0 Å². The molecule has 0 bridgehead atoms. The number of fused-ring (bicyclic) bond motifs is 1. The van der Waals surface area contributed by atoms with Gasteiger partial charge in [0.2, 0.25) is 0 Å². The molecule has 24 heavy (non-hydrogen) atoms. The number of hydrogen-bond donors (Lipinski definition) is 1. The fourth-order valence-electron chi connectivity index (χ4n) is 3.00. The van der Waals surface area contributed by atoms with Crippen molar-refractivity contribution in [2.24, 2.45) is 7.05 Å². The Hall–Kier alpha value is -1.66. The zero-order chi connectivity index (χ0) is 17.3. The number of hydrogen-bond acceptors (Lipinski definition) is 3. The summed E-state index contributed by atoms with van der Waals surface area (Å²) in [6.07, 6.45) is 7.05. The molecule has 0 unspecified atom stereocenters. The molecule has 128 valence electrons. The van der Waals surface area contributed by atoms with Gasteiger partial charge in [-0.2, -0.15) is 5.10 Å². The van der Waals surface area contributed by atoms with Crippen LogP contribution in [0.2, 0.25) is 0 Å². The number of nitrogens with zero attached hydrogens (tertiary/aromatic N) is 4. The van der Waals surface area contributed by atoms with Crippen molar-refractivity contribution in [2.75, 3.05) is 6.54 Å². The first-order valence-corrected chi connectivity index (χ1v) is 9.10. The van der Waals surface area contributed by atoms with Crippen LogP contribution in [0.15, 0.2) is 29.1 Å². The summed E-state index contributed by atoms with van der Waals surface area (Å²) in [6, 6.07) is 2.10. The van der Waals surface area contributed by atoms with Gasteiger partial charge in [-0.1, -0.05) is 13.8 Å². The molecule has 0 saturated carbocycles. The Bertz CT molecular complexity index is 847. The van der Waals surface area contributed by atoms with E-state index in [4.69, 9.17) is 4.98 Å². The standard InChI is InChI=1S/C18H24BrN5/c1-12(2)16-8-21-23(4)17(16)9-20-6-5-15-11-24-10-14(19)7-13(3)18(24)22-15/h7-8,10-12,20H,5-6,9H2,1-4H3. The lowest BCUT2D eigenvalue weighted by Crippen LogP contribution is -2.19. The molecule has 0 aliphatic rings. The molecule has 0 radical (unpaired) electrons. The Morgan fingerprint density at radius 3 is 2.83 bits per heavy atom. The molecule has 3 aromatic rings. The molecule has 6 heteroatoms. The molecule has 1 N–H and O–H groups in total. The maximum absolute atomic E-state index is 4.74. The summed E-state index contributed by atoms with van der Waals surface area (Å²) < 4.78 is 5.13. The van der Waals surface area contributed by atoms with Gasteiger partial charge in [0.05, 0.1) is 17.6 Å². The van der Waals surface area contributed by atoms with Crippen LogP contribution in [0, 0.1) is 6.92 Å². The van der Waals surface area contributed by atoms with E-state index in [1.807, 2.05) is 17.9 Å². The van der Waals surface area contributed by atoms with Crippen molar-refractivity contribution in [1.82, 2.24) is 24.5 Å². The van der Waals surface area contributed by atoms with Crippen LogP contribution in [0.1, 0.15) is 42.3 Å². The molecule has 0 amide bonds. The SMILES string of the molecule is Cc1cc(Br)cn2cc(CCNCc3c(C(C)C)cnn3C)nc12. The highest BCUT2D eigenvalue weighted by atomic mass is 79.9. The molecule has 0 aromatic carbocycles. The molecule has 0 fully saturated rings. The van der Waals surface area contributed by atoms with Crippen LogP contribution in [0.3, 0.4) is 0 Å². The molecule has 0 aliphatic heterocycles.